The SMILES string of the molecule is NC(=S)Cc1cnn(Cc2ccccc2)c1. The largest absolute Gasteiger partial charge is 0.393 e. The normalized spacial score (nSPS) is 10.2. The van der Waals surface area contributed by atoms with Gasteiger partial charge in [-0.3, -0.25) is 4.68 Å². The maximum Gasteiger partial charge on any atom is 0.0772 e. The number of nitrogens with two attached hydrogens (primary N) is 1. The van der Waals surface area contributed by atoms with Crippen molar-refractivity contribution in [3.8, 4) is 0 Å². The molecule has 4 heteroatoms. The van der Waals surface area contributed by atoms with Gasteiger partial charge in [-0.25, -0.2) is 0 Å². The third kappa shape index (κ3) is 2.90. The molecule has 82 valence electrons. The minimum atomic E-state index is 0.499. The summed E-state index contributed by atoms with van der Waals surface area (Å²) >= 11 is 4.86. The van der Waals surface area contributed by atoms with E-state index in [1.807, 2.05) is 35.3 Å². The average Bonchev–Trinajstić information content (AvgIpc) is 2.66. The second kappa shape index (κ2) is 4.90. The second-order valence-electron chi connectivity index (χ2n) is 3.67. The molecular weight excluding hydrogens is 218 g/mol. The first-order valence-corrected chi connectivity index (χ1v) is 5.48. The fraction of sp³-hybridized carbons (Fsp3) is 0.167. The smallest absolute Gasteiger partial charge is 0.0772 e. The van der Waals surface area contributed by atoms with Gasteiger partial charge >= 0.3 is 0 Å². The molecule has 1 aromatic carbocycles. The van der Waals surface area contributed by atoms with Gasteiger partial charge < -0.3 is 5.73 Å². The minimum Gasteiger partial charge on any atom is -0.393 e. The van der Waals surface area contributed by atoms with Crippen molar-refractivity contribution in [2.24, 2.45) is 5.73 Å². The Bertz CT molecular complexity index is 476. The van der Waals surface area contributed by atoms with Gasteiger partial charge in [-0.05, 0) is 11.1 Å². The number of benzene rings is 1. The van der Waals surface area contributed by atoms with E-state index in [-0.39, 0.29) is 0 Å². The molecule has 0 aliphatic carbocycles. The molecule has 0 spiro atoms. The van der Waals surface area contributed by atoms with Crippen molar-refractivity contribution in [1.82, 2.24) is 9.78 Å². The van der Waals surface area contributed by atoms with Crippen LogP contribution in [-0.2, 0) is 13.0 Å². The lowest BCUT2D eigenvalue weighted by atomic mass is 10.2. The van der Waals surface area contributed by atoms with Gasteiger partial charge in [0.2, 0.25) is 0 Å². The molecule has 16 heavy (non-hydrogen) atoms. The molecule has 0 saturated carbocycles. The summed E-state index contributed by atoms with van der Waals surface area (Å²) in [6.07, 6.45) is 4.40. The molecule has 2 rings (SSSR count). The topological polar surface area (TPSA) is 43.8 Å². The average molecular weight is 231 g/mol. The fourth-order valence-electron chi connectivity index (χ4n) is 1.56. The van der Waals surface area contributed by atoms with Crippen molar-refractivity contribution >= 4 is 17.2 Å². The van der Waals surface area contributed by atoms with Crippen LogP contribution in [0.1, 0.15) is 11.1 Å². The monoisotopic (exact) mass is 231 g/mol. The van der Waals surface area contributed by atoms with Gasteiger partial charge in [0.15, 0.2) is 0 Å². The quantitative estimate of drug-likeness (QED) is 0.815. The van der Waals surface area contributed by atoms with Crippen molar-refractivity contribution in [3.05, 3.63) is 53.9 Å². The first-order chi connectivity index (χ1) is 7.74. The molecule has 0 radical (unpaired) electrons. The molecule has 1 heterocycles. The van der Waals surface area contributed by atoms with Gasteiger partial charge in [0.05, 0.1) is 17.7 Å². The van der Waals surface area contributed by atoms with Crippen LogP contribution in [0, 0.1) is 0 Å². The summed E-state index contributed by atoms with van der Waals surface area (Å²) < 4.78 is 1.89. The second-order valence-corrected chi connectivity index (χ2v) is 4.20. The molecule has 2 N–H and O–H groups in total. The van der Waals surface area contributed by atoms with E-state index in [1.54, 1.807) is 0 Å². The van der Waals surface area contributed by atoms with E-state index in [9.17, 15) is 0 Å². The van der Waals surface area contributed by atoms with Crippen molar-refractivity contribution in [2.75, 3.05) is 0 Å². The third-order valence-corrected chi connectivity index (χ3v) is 2.40. The Labute approximate surface area is 99.9 Å². The van der Waals surface area contributed by atoms with Gasteiger partial charge in [0.1, 0.15) is 0 Å². The first-order valence-electron chi connectivity index (χ1n) is 5.07. The van der Waals surface area contributed by atoms with Gasteiger partial charge in [0, 0.05) is 12.6 Å². The van der Waals surface area contributed by atoms with Crippen LogP contribution in [0.2, 0.25) is 0 Å². The van der Waals surface area contributed by atoms with E-state index in [1.165, 1.54) is 5.56 Å². The summed E-state index contributed by atoms with van der Waals surface area (Å²) in [4.78, 5) is 0.499. The van der Waals surface area contributed by atoms with Crippen LogP contribution in [-0.4, -0.2) is 14.8 Å². The van der Waals surface area contributed by atoms with Crippen LogP contribution in [0.3, 0.4) is 0 Å². The summed E-state index contributed by atoms with van der Waals surface area (Å²) in [5.74, 6) is 0. The number of hydrogen-bond acceptors (Lipinski definition) is 2. The first kappa shape index (κ1) is 10.8. The Morgan fingerprint density at radius 2 is 2.00 bits per heavy atom. The molecular formula is C12H13N3S. The van der Waals surface area contributed by atoms with Gasteiger partial charge in [-0.15, -0.1) is 0 Å². The predicted molar refractivity (Wildman–Crippen MR) is 68.3 cm³/mol. The summed E-state index contributed by atoms with van der Waals surface area (Å²) in [5, 5.41) is 4.27. The van der Waals surface area contributed by atoms with Crippen molar-refractivity contribution in [1.29, 1.82) is 0 Å². The fourth-order valence-corrected chi connectivity index (χ4v) is 1.72. The third-order valence-electron chi connectivity index (χ3n) is 2.25. The maximum absolute atomic E-state index is 5.48. The van der Waals surface area contributed by atoms with Crippen LogP contribution >= 0.6 is 12.2 Å². The lowest BCUT2D eigenvalue weighted by Crippen LogP contribution is -2.10. The van der Waals surface area contributed by atoms with E-state index >= 15 is 0 Å². The summed E-state index contributed by atoms with van der Waals surface area (Å²) in [7, 11) is 0. The van der Waals surface area contributed by atoms with Gasteiger partial charge in [0.25, 0.3) is 0 Å². The number of nitrogens with zero attached hydrogens (tertiary/aromatic N) is 2. The van der Waals surface area contributed by atoms with Gasteiger partial charge in [-0.1, -0.05) is 42.5 Å². The van der Waals surface area contributed by atoms with Crippen molar-refractivity contribution in [3.63, 3.8) is 0 Å². The Balaban J connectivity index is 2.06. The number of rotatable bonds is 4. The van der Waals surface area contributed by atoms with Crippen molar-refractivity contribution in [2.45, 2.75) is 13.0 Å². The van der Waals surface area contributed by atoms with Crippen molar-refractivity contribution < 1.29 is 0 Å². The molecule has 1 aromatic heterocycles. The van der Waals surface area contributed by atoms with E-state index in [0.717, 1.165) is 12.1 Å². The van der Waals surface area contributed by atoms with E-state index in [0.29, 0.717) is 11.4 Å². The molecule has 0 bridgehead atoms. The predicted octanol–water partition coefficient (Wildman–Crippen LogP) is 1.76. The minimum absolute atomic E-state index is 0.499. The summed E-state index contributed by atoms with van der Waals surface area (Å²) in [6.45, 7) is 0.776. The zero-order valence-electron chi connectivity index (χ0n) is 8.84. The lowest BCUT2D eigenvalue weighted by Gasteiger charge is -2.00. The van der Waals surface area contributed by atoms with Crippen LogP contribution in [0.4, 0.5) is 0 Å². The number of aromatic nitrogens is 2. The van der Waals surface area contributed by atoms with Crippen LogP contribution in [0.5, 0.6) is 0 Å². The molecule has 0 unspecified atom stereocenters. The molecule has 0 aliphatic heterocycles. The van der Waals surface area contributed by atoms with Crippen LogP contribution < -0.4 is 5.73 Å². The lowest BCUT2D eigenvalue weighted by molar-refractivity contribution is 0.686. The molecule has 2 aromatic rings. The molecule has 0 aliphatic rings. The molecule has 3 nitrogen and oxygen atoms in total. The molecule has 0 saturated heterocycles. The summed E-state index contributed by atoms with van der Waals surface area (Å²) in [5.41, 5.74) is 7.77. The Morgan fingerprint density at radius 3 is 2.69 bits per heavy atom. The molecule has 0 amide bonds. The van der Waals surface area contributed by atoms with E-state index in [2.05, 4.69) is 17.2 Å². The highest BCUT2D eigenvalue weighted by atomic mass is 32.1. The zero-order chi connectivity index (χ0) is 11.4. The standard InChI is InChI=1S/C12H13N3S/c13-12(16)6-11-7-14-15(9-11)8-10-4-2-1-3-5-10/h1-5,7,9H,6,8H2,(H2,13,16). The number of hydrogen-bond donors (Lipinski definition) is 1. The highest BCUT2D eigenvalue weighted by Gasteiger charge is 2.00. The number of thiocarbonyl (C=S) groups is 1. The Morgan fingerprint density at radius 1 is 1.25 bits per heavy atom. The highest BCUT2D eigenvalue weighted by Crippen LogP contribution is 2.04. The molecule has 0 fully saturated rings. The Kier molecular flexibility index (Phi) is 3.31. The van der Waals surface area contributed by atoms with E-state index < -0.39 is 0 Å². The van der Waals surface area contributed by atoms with E-state index in [4.69, 9.17) is 18.0 Å². The van der Waals surface area contributed by atoms with Crippen LogP contribution in [0.25, 0.3) is 0 Å². The summed E-state index contributed by atoms with van der Waals surface area (Å²) in [6, 6.07) is 10.2. The van der Waals surface area contributed by atoms with Gasteiger partial charge in [-0.2, -0.15) is 5.10 Å². The highest BCUT2D eigenvalue weighted by molar-refractivity contribution is 7.80. The maximum atomic E-state index is 5.48. The Hall–Kier alpha value is -1.68. The molecule has 0 atom stereocenters. The van der Waals surface area contributed by atoms with Crippen LogP contribution in [0.15, 0.2) is 42.7 Å². The zero-order valence-corrected chi connectivity index (χ0v) is 9.65.